The number of amides is 1. The van der Waals surface area contributed by atoms with Gasteiger partial charge in [-0.1, -0.05) is 12.8 Å². The number of aryl methyl sites for hydroxylation is 1. The third-order valence-corrected chi connectivity index (χ3v) is 6.02. The molecule has 2 aromatic heterocycles. The minimum absolute atomic E-state index is 0.146. The number of rotatable bonds is 5. The van der Waals surface area contributed by atoms with Crippen LogP contribution >= 0.6 is 0 Å². The van der Waals surface area contributed by atoms with Crippen LogP contribution in [0, 0.1) is 0 Å². The van der Waals surface area contributed by atoms with Gasteiger partial charge in [0.25, 0.3) is 11.5 Å². The van der Waals surface area contributed by atoms with Gasteiger partial charge in [-0.25, -0.2) is 0 Å². The van der Waals surface area contributed by atoms with E-state index < -0.39 is 5.97 Å². The van der Waals surface area contributed by atoms with E-state index in [0.29, 0.717) is 23.7 Å². The van der Waals surface area contributed by atoms with E-state index in [1.165, 1.54) is 11.8 Å². The van der Waals surface area contributed by atoms with E-state index in [-0.39, 0.29) is 17.0 Å². The molecule has 1 aromatic carbocycles. The number of carbonyl (C=O) groups excluding carboxylic acids is 2. The Bertz CT molecular complexity index is 1190. The number of ether oxygens (including phenoxy) is 1. The van der Waals surface area contributed by atoms with Crippen molar-refractivity contribution in [3.05, 3.63) is 81.7 Å². The minimum atomic E-state index is -0.412. The molecule has 0 saturated carbocycles. The third kappa shape index (κ3) is 5.08. The van der Waals surface area contributed by atoms with Crippen LogP contribution in [0.1, 0.15) is 60.0 Å². The average molecular weight is 449 g/mol. The van der Waals surface area contributed by atoms with Crippen LogP contribution in [0.25, 0.3) is 0 Å². The molecule has 7 nitrogen and oxygen atoms in total. The predicted octanol–water partition coefficient (Wildman–Crippen LogP) is 4.35. The van der Waals surface area contributed by atoms with Crippen molar-refractivity contribution in [2.75, 3.05) is 11.9 Å². The highest BCUT2D eigenvalue weighted by Crippen LogP contribution is 2.23. The molecule has 2 heterocycles. The zero-order valence-electron chi connectivity index (χ0n) is 19.0. The highest BCUT2D eigenvalue weighted by atomic mass is 16.5. The molecule has 0 saturated heterocycles. The molecular weight excluding hydrogens is 420 g/mol. The van der Waals surface area contributed by atoms with Crippen LogP contribution < -0.4 is 15.2 Å². The van der Waals surface area contributed by atoms with Crippen LogP contribution in [-0.2, 0) is 24.2 Å². The van der Waals surface area contributed by atoms with Crippen LogP contribution in [0.15, 0.2) is 57.9 Å². The largest absolute Gasteiger partial charge is 0.467 e. The standard InChI is InChI=1S/C26H28N2O5/c1-18(29)33-21-13-11-20(12-14-21)27(2)25(30)23-16-19-8-5-3-4-6-10-24(19)28(26(23)31)17-22-9-7-15-32-22/h7,9,11-16H,3-6,8,10,17H2,1-2H3. The smallest absolute Gasteiger partial charge is 0.308 e. The summed E-state index contributed by atoms with van der Waals surface area (Å²) in [6.07, 6.45) is 7.59. The molecule has 0 bridgehead atoms. The molecule has 0 atom stereocenters. The molecule has 4 rings (SSSR count). The maximum Gasteiger partial charge on any atom is 0.308 e. The second kappa shape index (κ2) is 9.90. The number of aromatic nitrogens is 1. The van der Waals surface area contributed by atoms with Crippen molar-refractivity contribution in [3.63, 3.8) is 0 Å². The molecule has 172 valence electrons. The lowest BCUT2D eigenvalue weighted by Gasteiger charge is -2.22. The van der Waals surface area contributed by atoms with Crippen molar-refractivity contribution < 1.29 is 18.7 Å². The highest BCUT2D eigenvalue weighted by molar-refractivity contribution is 6.05. The van der Waals surface area contributed by atoms with Gasteiger partial charge < -0.3 is 18.6 Å². The first kappa shape index (κ1) is 22.6. The zero-order chi connectivity index (χ0) is 23.4. The lowest BCUT2D eigenvalue weighted by molar-refractivity contribution is -0.131. The lowest BCUT2D eigenvalue weighted by atomic mass is 9.95. The van der Waals surface area contributed by atoms with Crippen molar-refractivity contribution >= 4 is 17.6 Å². The van der Waals surface area contributed by atoms with Gasteiger partial charge in [0, 0.05) is 25.4 Å². The first-order valence-electron chi connectivity index (χ1n) is 11.3. The summed E-state index contributed by atoms with van der Waals surface area (Å²) in [5.41, 5.74) is 2.50. The minimum Gasteiger partial charge on any atom is -0.467 e. The summed E-state index contributed by atoms with van der Waals surface area (Å²) in [6.45, 7) is 1.63. The zero-order valence-corrected chi connectivity index (χ0v) is 19.0. The second-order valence-corrected chi connectivity index (χ2v) is 8.37. The lowest BCUT2D eigenvalue weighted by Crippen LogP contribution is -2.36. The number of anilines is 1. The number of hydrogen-bond acceptors (Lipinski definition) is 5. The normalized spacial score (nSPS) is 13.5. The predicted molar refractivity (Wildman–Crippen MR) is 125 cm³/mol. The fourth-order valence-corrected chi connectivity index (χ4v) is 4.31. The average Bonchev–Trinajstić information content (AvgIpc) is 3.29. The maximum atomic E-state index is 13.5. The van der Waals surface area contributed by atoms with E-state index in [2.05, 4.69) is 0 Å². The summed E-state index contributed by atoms with van der Waals surface area (Å²) in [6, 6.07) is 12.0. The van der Waals surface area contributed by atoms with Gasteiger partial charge >= 0.3 is 5.97 Å². The van der Waals surface area contributed by atoms with Crippen LogP contribution in [0.4, 0.5) is 5.69 Å². The number of furan rings is 1. The molecule has 0 fully saturated rings. The Morgan fingerprint density at radius 1 is 1.06 bits per heavy atom. The Balaban J connectivity index is 1.71. The highest BCUT2D eigenvalue weighted by Gasteiger charge is 2.23. The Morgan fingerprint density at radius 3 is 2.45 bits per heavy atom. The van der Waals surface area contributed by atoms with Crippen molar-refractivity contribution in [3.8, 4) is 5.75 Å². The number of benzene rings is 1. The van der Waals surface area contributed by atoms with Crippen LogP contribution in [-0.4, -0.2) is 23.5 Å². The summed E-state index contributed by atoms with van der Waals surface area (Å²) in [5, 5.41) is 0. The first-order chi connectivity index (χ1) is 15.9. The molecule has 1 amide bonds. The SMILES string of the molecule is CC(=O)Oc1ccc(N(C)C(=O)c2cc3c(n(Cc4ccco4)c2=O)CCCCCC3)cc1. The van der Waals surface area contributed by atoms with E-state index in [1.54, 1.807) is 54.3 Å². The van der Waals surface area contributed by atoms with Crippen molar-refractivity contribution in [1.29, 1.82) is 0 Å². The topological polar surface area (TPSA) is 81.8 Å². The Morgan fingerprint density at radius 2 is 1.79 bits per heavy atom. The Kier molecular flexibility index (Phi) is 6.77. The summed E-state index contributed by atoms with van der Waals surface area (Å²) < 4.78 is 12.3. The molecule has 1 aliphatic carbocycles. The Hall–Kier alpha value is -3.61. The first-order valence-corrected chi connectivity index (χ1v) is 11.3. The molecule has 33 heavy (non-hydrogen) atoms. The van der Waals surface area contributed by atoms with Gasteiger partial charge in [0.15, 0.2) is 0 Å². The molecule has 0 spiro atoms. The number of nitrogens with zero attached hydrogens (tertiary/aromatic N) is 2. The number of hydrogen-bond donors (Lipinski definition) is 0. The van der Waals surface area contributed by atoms with Crippen molar-refractivity contribution in [2.45, 2.75) is 52.0 Å². The van der Waals surface area contributed by atoms with Crippen molar-refractivity contribution in [2.24, 2.45) is 0 Å². The summed E-state index contributed by atoms with van der Waals surface area (Å²) in [5.74, 6) is 0.290. The summed E-state index contributed by atoms with van der Waals surface area (Å²) >= 11 is 0. The number of esters is 1. The molecule has 0 unspecified atom stereocenters. The maximum absolute atomic E-state index is 13.5. The number of fused-ring (bicyclic) bond motifs is 1. The second-order valence-electron chi connectivity index (χ2n) is 8.37. The number of carbonyl (C=O) groups is 2. The molecule has 0 aliphatic heterocycles. The van der Waals surface area contributed by atoms with Crippen LogP contribution in [0.5, 0.6) is 5.75 Å². The fourth-order valence-electron chi connectivity index (χ4n) is 4.31. The molecule has 0 N–H and O–H groups in total. The molecule has 0 radical (unpaired) electrons. The Labute approximate surface area is 192 Å². The van der Waals surface area contributed by atoms with E-state index >= 15 is 0 Å². The molecule has 7 heteroatoms. The summed E-state index contributed by atoms with van der Waals surface area (Å²) in [4.78, 5) is 39.5. The van der Waals surface area contributed by atoms with E-state index in [9.17, 15) is 14.4 Å². The van der Waals surface area contributed by atoms with Gasteiger partial charge in [-0.15, -0.1) is 0 Å². The van der Waals surface area contributed by atoms with E-state index in [1.807, 2.05) is 6.07 Å². The fraction of sp³-hybridized carbons (Fsp3) is 0.346. The monoisotopic (exact) mass is 448 g/mol. The van der Waals surface area contributed by atoms with Gasteiger partial charge in [0.2, 0.25) is 0 Å². The quantitative estimate of drug-likeness (QED) is 0.428. The third-order valence-electron chi connectivity index (χ3n) is 6.02. The van der Waals surface area contributed by atoms with Gasteiger partial charge in [-0.2, -0.15) is 0 Å². The van der Waals surface area contributed by atoms with E-state index in [0.717, 1.165) is 49.8 Å². The van der Waals surface area contributed by atoms with E-state index in [4.69, 9.17) is 9.15 Å². The van der Waals surface area contributed by atoms with Gasteiger partial charge in [-0.3, -0.25) is 14.4 Å². The summed E-state index contributed by atoms with van der Waals surface area (Å²) in [7, 11) is 1.64. The van der Waals surface area contributed by atoms with Crippen LogP contribution in [0.3, 0.4) is 0 Å². The van der Waals surface area contributed by atoms with Crippen molar-refractivity contribution in [1.82, 2.24) is 4.57 Å². The van der Waals surface area contributed by atoms with Crippen LogP contribution in [0.2, 0.25) is 0 Å². The van der Waals surface area contributed by atoms with Gasteiger partial charge in [0.05, 0.1) is 12.8 Å². The van der Waals surface area contributed by atoms with Gasteiger partial charge in [0.1, 0.15) is 17.1 Å². The molecule has 3 aromatic rings. The number of pyridine rings is 1. The molecular formula is C26H28N2O5. The van der Waals surface area contributed by atoms with Gasteiger partial charge in [-0.05, 0) is 73.7 Å². The molecule has 1 aliphatic rings.